The Morgan fingerprint density at radius 1 is 1.40 bits per heavy atom. The van der Waals surface area contributed by atoms with Crippen LogP contribution >= 0.6 is 11.6 Å². The number of imide groups is 1. The number of carbonyl (C=O) groups is 2. The number of halogens is 1. The number of nitrogens with one attached hydrogen (secondary N) is 1. The van der Waals surface area contributed by atoms with Gasteiger partial charge in [-0.15, -0.1) is 0 Å². The summed E-state index contributed by atoms with van der Waals surface area (Å²) < 4.78 is 0. The van der Waals surface area contributed by atoms with Gasteiger partial charge in [0.2, 0.25) is 5.91 Å². The van der Waals surface area contributed by atoms with Gasteiger partial charge >= 0.3 is 0 Å². The van der Waals surface area contributed by atoms with Crippen molar-refractivity contribution >= 4 is 23.4 Å². The molecule has 1 heterocycles. The minimum atomic E-state index is -0.500. The molecule has 1 aromatic carbocycles. The molecule has 1 aliphatic rings. The van der Waals surface area contributed by atoms with Gasteiger partial charge in [0.1, 0.15) is 0 Å². The molecule has 0 radical (unpaired) electrons. The lowest BCUT2D eigenvalue weighted by Gasteiger charge is -2.21. The van der Waals surface area contributed by atoms with E-state index in [0.29, 0.717) is 5.02 Å². The molecule has 1 aromatic rings. The number of nitrogens with zero attached hydrogens (tertiary/aromatic N) is 1. The second kappa shape index (κ2) is 6.83. The summed E-state index contributed by atoms with van der Waals surface area (Å²) >= 11 is 5.90. The van der Waals surface area contributed by atoms with E-state index >= 15 is 0 Å². The van der Waals surface area contributed by atoms with Gasteiger partial charge in [-0.3, -0.25) is 19.8 Å². The first kappa shape index (κ1) is 15.0. The molecule has 1 fully saturated rings. The van der Waals surface area contributed by atoms with Crippen LogP contribution < -0.4 is 5.32 Å². The Labute approximate surface area is 122 Å². The number of amides is 2. The Balaban J connectivity index is 1.92. The highest BCUT2D eigenvalue weighted by molar-refractivity contribution is 6.34. The van der Waals surface area contributed by atoms with Crippen LogP contribution in [0.3, 0.4) is 0 Å². The van der Waals surface area contributed by atoms with E-state index in [9.17, 15) is 14.7 Å². The van der Waals surface area contributed by atoms with Crippen LogP contribution in [0.1, 0.15) is 23.2 Å². The highest BCUT2D eigenvalue weighted by Gasteiger charge is 2.26. The van der Waals surface area contributed by atoms with Gasteiger partial charge in [-0.05, 0) is 31.5 Å². The number of aliphatic hydroxyl groups is 1. The number of hydrogen-bond donors (Lipinski definition) is 2. The summed E-state index contributed by atoms with van der Waals surface area (Å²) in [6.07, 6.45) is 1.83. The van der Waals surface area contributed by atoms with E-state index in [4.69, 9.17) is 11.6 Å². The Bertz CT molecular complexity index is 507. The number of benzene rings is 1. The molecular weight excluding hydrogens is 280 g/mol. The lowest BCUT2D eigenvalue weighted by atomic mass is 10.2. The molecule has 0 bridgehead atoms. The highest BCUT2D eigenvalue weighted by Crippen LogP contribution is 2.16. The molecule has 2 rings (SSSR count). The largest absolute Gasteiger partial charge is 0.395 e. The second-order valence-electron chi connectivity index (χ2n) is 4.81. The van der Waals surface area contributed by atoms with Crippen LogP contribution in [0.4, 0.5) is 0 Å². The van der Waals surface area contributed by atoms with Crippen molar-refractivity contribution in [3.63, 3.8) is 0 Å². The van der Waals surface area contributed by atoms with E-state index in [0.717, 1.165) is 19.4 Å². The summed E-state index contributed by atoms with van der Waals surface area (Å²) in [4.78, 5) is 25.7. The van der Waals surface area contributed by atoms with Crippen LogP contribution in [-0.4, -0.2) is 47.6 Å². The summed E-state index contributed by atoms with van der Waals surface area (Å²) in [5.41, 5.74) is 0.280. The third-order valence-corrected chi connectivity index (χ3v) is 3.76. The molecule has 1 atom stereocenters. The predicted octanol–water partition coefficient (Wildman–Crippen LogP) is 1.05. The number of rotatable bonds is 4. The SMILES string of the molecule is O=C(CN1CCC[C@@H]1CO)NC(=O)c1ccccc1Cl. The van der Waals surface area contributed by atoms with Crippen LogP contribution in [0.15, 0.2) is 24.3 Å². The normalized spacial score (nSPS) is 19.0. The van der Waals surface area contributed by atoms with Gasteiger partial charge in [-0.25, -0.2) is 0 Å². The van der Waals surface area contributed by atoms with E-state index in [1.807, 2.05) is 4.90 Å². The van der Waals surface area contributed by atoms with E-state index in [2.05, 4.69) is 5.32 Å². The van der Waals surface area contributed by atoms with Crippen molar-refractivity contribution in [2.75, 3.05) is 19.7 Å². The average molecular weight is 297 g/mol. The third kappa shape index (κ3) is 3.56. The van der Waals surface area contributed by atoms with Gasteiger partial charge in [0.25, 0.3) is 5.91 Å². The molecule has 0 spiro atoms. The van der Waals surface area contributed by atoms with Gasteiger partial charge < -0.3 is 5.11 Å². The van der Waals surface area contributed by atoms with Crippen molar-refractivity contribution < 1.29 is 14.7 Å². The van der Waals surface area contributed by atoms with E-state index in [1.54, 1.807) is 24.3 Å². The Morgan fingerprint density at radius 2 is 2.15 bits per heavy atom. The first-order chi connectivity index (χ1) is 9.61. The minimum absolute atomic E-state index is 0.0103. The molecule has 1 saturated heterocycles. The maximum atomic E-state index is 11.9. The molecule has 0 saturated carbocycles. The van der Waals surface area contributed by atoms with E-state index < -0.39 is 5.91 Å². The number of hydrogen-bond acceptors (Lipinski definition) is 4. The molecule has 0 aliphatic carbocycles. The fourth-order valence-corrected chi connectivity index (χ4v) is 2.59. The molecule has 5 nitrogen and oxygen atoms in total. The summed E-state index contributed by atoms with van der Waals surface area (Å²) in [6, 6.07) is 6.58. The van der Waals surface area contributed by atoms with Crippen molar-refractivity contribution in [3.8, 4) is 0 Å². The fourth-order valence-electron chi connectivity index (χ4n) is 2.37. The summed E-state index contributed by atoms with van der Waals surface area (Å²) in [6.45, 7) is 0.909. The molecular formula is C14H17ClN2O3. The molecule has 2 amide bonds. The van der Waals surface area contributed by atoms with Crippen molar-refractivity contribution in [2.24, 2.45) is 0 Å². The summed E-state index contributed by atoms with van der Waals surface area (Å²) in [5, 5.41) is 11.8. The van der Waals surface area contributed by atoms with Crippen LogP contribution in [0.2, 0.25) is 5.02 Å². The highest BCUT2D eigenvalue weighted by atomic mass is 35.5. The Morgan fingerprint density at radius 3 is 2.85 bits per heavy atom. The summed E-state index contributed by atoms with van der Waals surface area (Å²) in [5.74, 6) is -0.879. The Hall–Kier alpha value is -1.43. The quantitative estimate of drug-likeness (QED) is 0.871. The van der Waals surface area contributed by atoms with Crippen LogP contribution in [0.5, 0.6) is 0 Å². The van der Waals surface area contributed by atoms with Crippen molar-refractivity contribution in [1.82, 2.24) is 10.2 Å². The average Bonchev–Trinajstić information content (AvgIpc) is 2.86. The smallest absolute Gasteiger partial charge is 0.259 e. The molecule has 2 N–H and O–H groups in total. The van der Waals surface area contributed by atoms with Crippen LogP contribution in [0.25, 0.3) is 0 Å². The maximum absolute atomic E-state index is 11.9. The molecule has 20 heavy (non-hydrogen) atoms. The van der Waals surface area contributed by atoms with E-state index in [1.165, 1.54) is 0 Å². The van der Waals surface area contributed by atoms with Gasteiger partial charge in [-0.1, -0.05) is 23.7 Å². The Kier molecular flexibility index (Phi) is 5.11. The van der Waals surface area contributed by atoms with Crippen LogP contribution in [-0.2, 0) is 4.79 Å². The topological polar surface area (TPSA) is 69.6 Å². The first-order valence-corrected chi connectivity index (χ1v) is 6.93. The van der Waals surface area contributed by atoms with Gasteiger partial charge in [-0.2, -0.15) is 0 Å². The fraction of sp³-hybridized carbons (Fsp3) is 0.429. The second-order valence-corrected chi connectivity index (χ2v) is 5.21. The predicted molar refractivity (Wildman–Crippen MR) is 75.6 cm³/mol. The zero-order valence-corrected chi connectivity index (χ0v) is 11.8. The van der Waals surface area contributed by atoms with Gasteiger partial charge in [0.05, 0.1) is 23.7 Å². The van der Waals surface area contributed by atoms with Crippen molar-refractivity contribution in [2.45, 2.75) is 18.9 Å². The lowest BCUT2D eigenvalue weighted by Crippen LogP contribution is -2.43. The monoisotopic (exact) mass is 296 g/mol. The van der Waals surface area contributed by atoms with Gasteiger partial charge in [0.15, 0.2) is 0 Å². The van der Waals surface area contributed by atoms with Gasteiger partial charge in [0, 0.05) is 6.04 Å². The zero-order valence-electron chi connectivity index (χ0n) is 11.0. The standard InChI is InChI=1S/C14H17ClN2O3/c15-12-6-2-1-5-11(12)14(20)16-13(19)8-17-7-3-4-10(17)9-18/h1-2,5-6,10,18H,3-4,7-9H2,(H,16,19,20)/t10-/m1/s1. The molecule has 0 aromatic heterocycles. The third-order valence-electron chi connectivity index (χ3n) is 3.43. The molecule has 0 unspecified atom stereocenters. The van der Waals surface area contributed by atoms with Crippen LogP contribution in [0, 0.1) is 0 Å². The number of carbonyl (C=O) groups excluding carboxylic acids is 2. The maximum Gasteiger partial charge on any atom is 0.259 e. The lowest BCUT2D eigenvalue weighted by molar-refractivity contribution is -0.121. The first-order valence-electron chi connectivity index (χ1n) is 6.55. The van der Waals surface area contributed by atoms with E-state index in [-0.39, 0.29) is 30.7 Å². The molecule has 1 aliphatic heterocycles. The number of likely N-dealkylation sites (tertiary alicyclic amines) is 1. The minimum Gasteiger partial charge on any atom is -0.395 e. The molecule has 108 valence electrons. The number of aliphatic hydroxyl groups excluding tert-OH is 1. The molecule has 6 heteroatoms. The zero-order chi connectivity index (χ0) is 14.5. The van der Waals surface area contributed by atoms with Crippen molar-refractivity contribution in [1.29, 1.82) is 0 Å². The summed E-state index contributed by atoms with van der Waals surface area (Å²) in [7, 11) is 0. The van der Waals surface area contributed by atoms with Crippen molar-refractivity contribution in [3.05, 3.63) is 34.9 Å².